The smallest absolute Gasteiger partial charge is 0.127 e. The number of methoxy groups -OCH3 is 1. The van der Waals surface area contributed by atoms with Crippen LogP contribution in [-0.4, -0.2) is 38.7 Å². The number of nitriles is 1. The minimum atomic E-state index is -0.105. The lowest BCUT2D eigenvalue weighted by Crippen LogP contribution is -2.17. The third-order valence-electron chi connectivity index (χ3n) is 7.73. The maximum atomic E-state index is 9.48. The average molecular weight is 556 g/mol. The fraction of sp³-hybridized carbons (Fsp3) is 0.265. The first kappa shape index (κ1) is 27.3. The molecule has 6 rings (SSSR count). The molecule has 2 aromatic carbocycles. The SMILES string of the molecule is COC[C@@H](Nc1cc(-c2cn(Cc3cccc(C4CCCC4)n3)nn2)cc(-c2cccc(C#N)c2)n1)c1ccccc1. The molecule has 1 aliphatic carbocycles. The van der Waals surface area contributed by atoms with Crippen molar-refractivity contribution in [2.45, 2.75) is 44.2 Å². The number of pyridine rings is 2. The molecular formula is C34H33N7O. The van der Waals surface area contributed by atoms with Gasteiger partial charge >= 0.3 is 0 Å². The van der Waals surface area contributed by atoms with Crippen molar-refractivity contribution in [2.75, 3.05) is 19.0 Å². The number of anilines is 1. The van der Waals surface area contributed by atoms with Crippen molar-refractivity contribution < 1.29 is 4.74 Å². The zero-order chi connectivity index (χ0) is 28.7. The molecule has 0 unspecified atom stereocenters. The highest BCUT2D eigenvalue weighted by molar-refractivity contribution is 5.72. The third kappa shape index (κ3) is 6.37. The first-order valence-corrected chi connectivity index (χ1v) is 14.4. The highest BCUT2D eigenvalue weighted by Crippen LogP contribution is 2.33. The number of nitrogens with one attached hydrogen (secondary N) is 1. The molecular weight excluding hydrogens is 522 g/mol. The Hall–Kier alpha value is -4.87. The second kappa shape index (κ2) is 12.8. The van der Waals surface area contributed by atoms with Crippen LogP contribution in [0.4, 0.5) is 5.82 Å². The normalized spacial score (nSPS) is 14.0. The van der Waals surface area contributed by atoms with E-state index in [1.165, 1.54) is 31.4 Å². The minimum absolute atomic E-state index is 0.105. The maximum Gasteiger partial charge on any atom is 0.127 e. The van der Waals surface area contributed by atoms with Gasteiger partial charge in [0.25, 0.3) is 0 Å². The molecule has 3 aromatic heterocycles. The largest absolute Gasteiger partial charge is 0.382 e. The Balaban J connectivity index is 1.32. The molecule has 1 atom stereocenters. The zero-order valence-corrected chi connectivity index (χ0v) is 23.6. The first-order valence-electron chi connectivity index (χ1n) is 14.4. The molecule has 1 saturated carbocycles. The van der Waals surface area contributed by atoms with E-state index >= 15 is 0 Å². The monoisotopic (exact) mass is 555 g/mol. The molecule has 0 aliphatic heterocycles. The predicted octanol–water partition coefficient (Wildman–Crippen LogP) is 6.78. The summed E-state index contributed by atoms with van der Waals surface area (Å²) in [6.45, 7) is 1.02. The van der Waals surface area contributed by atoms with E-state index in [4.69, 9.17) is 14.7 Å². The van der Waals surface area contributed by atoms with Crippen molar-refractivity contribution in [3.05, 3.63) is 114 Å². The van der Waals surface area contributed by atoms with Crippen LogP contribution in [-0.2, 0) is 11.3 Å². The Kier molecular flexibility index (Phi) is 8.29. The molecule has 8 heteroatoms. The van der Waals surface area contributed by atoms with Gasteiger partial charge in [0, 0.05) is 29.8 Å². The highest BCUT2D eigenvalue weighted by atomic mass is 16.5. The van der Waals surface area contributed by atoms with Crippen LogP contribution >= 0.6 is 0 Å². The summed E-state index contributed by atoms with van der Waals surface area (Å²) in [6.07, 6.45) is 6.95. The van der Waals surface area contributed by atoms with Crippen LogP contribution < -0.4 is 5.32 Å². The van der Waals surface area contributed by atoms with Crippen molar-refractivity contribution in [1.82, 2.24) is 25.0 Å². The molecule has 0 radical (unpaired) electrons. The van der Waals surface area contributed by atoms with Crippen molar-refractivity contribution in [3.63, 3.8) is 0 Å². The number of hydrogen-bond acceptors (Lipinski definition) is 7. The Morgan fingerprint density at radius 2 is 1.76 bits per heavy atom. The summed E-state index contributed by atoms with van der Waals surface area (Å²) in [5.74, 6) is 1.24. The Morgan fingerprint density at radius 3 is 2.57 bits per heavy atom. The Bertz CT molecular complexity index is 1690. The lowest BCUT2D eigenvalue weighted by molar-refractivity contribution is 0.186. The van der Waals surface area contributed by atoms with Crippen LogP contribution in [0.2, 0.25) is 0 Å². The molecule has 42 heavy (non-hydrogen) atoms. The number of hydrogen-bond donors (Lipinski definition) is 1. The van der Waals surface area contributed by atoms with Gasteiger partial charge in [0.2, 0.25) is 0 Å². The van der Waals surface area contributed by atoms with E-state index in [0.717, 1.165) is 33.8 Å². The van der Waals surface area contributed by atoms with Gasteiger partial charge in [0.1, 0.15) is 11.5 Å². The summed E-state index contributed by atoms with van der Waals surface area (Å²) in [4.78, 5) is 9.88. The van der Waals surface area contributed by atoms with E-state index in [0.29, 0.717) is 30.5 Å². The molecule has 0 spiro atoms. The van der Waals surface area contributed by atoms with Crippen molar-refractivity contribution in [1.29, 1.82) is 5.26 Å². The van der Waals surface area contributed by atoms with Crippen LogP contribution in [0.1, 0.15) is 60.2 Å². The molecule has 8 nitrogen and oxygen atoms in total. The van der Waals surface area contributed by atoms with E-state index in [-0.39, 0.29) is 6.04 Å². The van der Waals surface area contributed by atoms with Gasteiger partial charge in [-0.1, -0.05) is 66.6 Å². The van der Waals surface area contributed by atoms with Crippen LogP contribution in [0, 0.1) is 11.3 Å². The minimum Gasteiger partial charge on any atom is -0.382 e. The van der Waals surface area contributed by atoms with Crippen LogP contribution in [0.3, 0.4) is 0 Å². The number of aromatic nitrogens is 5. The van der Waals surface area contributed by atoms with Crippen molar-refractivity contribution in [3.8, 4) is 28.6 Å². The summed E-state index contributed by atoms with van der Waals surface area (Å²) in [5, 5.41) is 22.0. The number of ether oxygens (including phenoxy) is 1. The summed E-state index contributed by atoms with van der Waals surface area (Å²) >= 11 is 0. The van der Waals surface area contributed by atoms with E-state index in [1.807, 2.05) is 65.5 Å². The van der Waals surface area contributed by atoms with E-state index < -0.39 is 0 Å². The summed E-state index contributed by atoms with van der Waals surface area (Å²) < 4.78 is 7.36. The quantitative estimate of drug-likeness (QED) is 0.203. The predicted molar refractivity (Wildman–Crippen MR) is 163 cm³/mol. The van der Waals surface area contributed by atoms with Gasteiger partial charge in [-0.25, -0.2) is 9.67 Å². The molecule has 0 saturated heterocycles. The number of nitrogens with zero attached hydrogens (tertiary/aromatic N) is 6. The zero-order valence-electron chi connectivity index (χ0n) is 23.6. The average Bonchev–Trinajstić information content (AvgIpc) is 3.75. The van der Waals surface area contributed by atoms with Crippen molar-refractivity contribution in [2.24, 2.45) is 0 Å². The molecule has 0 bridgehead atoms. The third-order valence-corrected chi connectivity index (χ3v) is 7.73. The second-order valence-corrected chi connectivity index (χ2v) is 10.7. The fourth-order valence-electron chi connectivity index (χ4n) is 5.61. The van der Waals surface area contributed by atoms with Gasteiger partial charge in [-0.3, -0.25) is 4.98 Å². The molecule has 5 aromatic rings. The number of benzene rings is 2. The summed E-state index contributed by atoms with van der Waals surface area (Å²) in [7, 11) is 1.69. The second-order valence-electron chi connectivity index (χ2n) is 10.7. The van der Waals surface area contributed by atoms with Gasteiger partial charge in [0.15, 0.2) is 0 Å². The standard InChI is InChI=1S/C34H33N7O/c1-42-23-33(26-10-3-2-4-11-26)38-34-19-28(18-31(37-34)27-14-7-9-24(17-27)20-35)32-22-41(40-39-32)21-29-15-8-16-30(36-29)25-12-5-6-13-25/h2-4,7-11,14-19,22,25,33H,5-6,12-13,21,23H2,1H3,(H,37,38)/t33-/m1/s1. The summed E-state index contributed by atoms with van der Waals surface area (Å²) in [5.41, 5.74) is 7.02. The molecule has 1 fully saturated rings. The van der Waals surface area contributed by atoms with Gasteiger partial charge in [-0.05, 0) is 54.8 Å². The topological polar surface area (TPSA) is 102 Å². The van der Waals surface area contributed by atoms with Gasteiger partial charge in [0.05, 0.1) is 48.4 Å². The number of rotatable bonds is 10. The lowest BCUT2D eigenvalue weighted by atomic mass is 10.0. The van der Waals surface area contributed by atoms with Crippen LogP contribution in [0.25, 0.3) is 22.5 Å². The maximum absolute atomic E-state index is 9.48. The van der Waals surface area contributed by atoms with E-state index in [1.54, 1.807) is 13.2 Å². The molecule has 1 N–H and O–H groups in total. The molecule has 210 valence electrons. The van der Waals surface area contributed by atoms with E-state index in [9.17, 15) is 5.26 Å². The Labute approximate surface area is 246 Å². The first-order chi connectivity index (χ1) is 20.7. The lowest BCUT2D eigenvalue weighted by Gasteiger charge is -2.20. The van der Waals surface area contributed by atoms with Crippen LogP contribution in [0.5, 0.6) is 0 Å². The fourth-order valence-corrected chi connectivity index (χ4v) is 5.61. The summed E-state index contributed by atoms with van der Waals surface area (Å²) in [6, 6.07) is 30.0. The molecule has 1 aliphatic rings. The van der Waals surface area contributed by atoms with Gasteiger partial charge in [-0.15, -0.1) is 5.10 Å². The van der Waals surface area contributed by atoms with Crippen LogP contribution in [0.15, 0.2) is 91.1 Å². The molecule has 0 amide bonds. The van der Waals surface area contributed by atoms with Crippen molar-refractivity contribution >= 4 is 5.82 Å². The highest BCUT2D eigenvalue weighted by Gasteiger charge is 2.19. The molecule has 3 heterocycles. The van der Waals surface area contributed by atoms with Gasteiger partial charge < -0.3 is 10.1 Å². The Morgan fingerprint density at radius 1 is 0.929 bits per heavy atom. The van der Waals surface area contributed by atoms with Gasteiger partial charge in [-0.2, -0.15) is 5.26 Å². The van der Waals surface area contributed by atoms with E-state index in [2.05, 4.69) is 46.0 Å².